The number of thiophene rings is 1. The molecule has 3 aromatic rings. The van der Waals surface area contributed by atoms with Crippen molar-refractivity contribution in [2.24, 2.45) is 0 Å². The van der Waals surface area contributed by atoms with Crippen LogP contribution < -0.4 is 10.3 Å². The molecule has 1 aromatic carbocycles. The Balaban J connectivity index is 2.01. The van der Waals surface area contributed by atoms with E-state index in [0.29, 0.717) is 15.8 Å². The summed E-state index contributed by atoms with van der Waals surface area (Å²) in [4.78, 5) is 20.9. The number of aryl methyl sites for hydroxylation is 2. The van der Waals surface area contributed by atoms with Gasteiger partial charge in [0.05, 0.1) is 11.0 Å². The molecule has 3 rings (SSSR count). The molecule has 0 aliphatic rings. The van der Waals surface area contributed by atoms with Crippen molar-refractivity contribution in [2.45, 2.75) is 20.5 Å². The second-order valence-corrected chi connectivity index (χ2v) is 6.70. The summed E-state index contributed by atoms with van der Waals surface area (Å²) in [5.74, 6) is 0.187. The monoisotopic (exact) mass is 373 g/mol. The summed E-state index contributed by atoms with van der Waals surface area (Å²) in [5, 5.41) is 9.97. The number of hydrogen-bond acceptors (Lipinski definition) is 5. The van der Waals surface area contributed by atoms with E-state index in [1.807, 2.05) is 19.9 Å². The summed E-state index contributed by atoms with van der Waals surface area (Å²) in [6.45, 7) is 0.865. The first-order valence-corrected chi connectivity index (χ1v) is 8.37. The molecule has 0 unspecified atom stereocenters. The molecule has 0 atom stereocenters. The smallest absolute Gasteiger partial charge is 0.387 e. The molecule has 0 saturated carbocycles. The van der Waals surface area contributed by atoms with Crippen molar-refractivity contribution in [3.05, 3.63) is 56.4 Å². The lowest BCUT2D eigenvalue weighted by molar-refractivity contribution is -0.0498. The molecule has 8 heteroatoms. The van der Waals surface area contributed by atoms with E-state index in [0.717, 1.165) is 10.4 Å². The minimum absolute atomic E-state index is 0.0214. The van der Waals surface area contributed by atoms with Crippen LogP contribution in [0.2, 0.25) is 0 Å². The Morgan fingerprint density at radius 3 is 2.65 bits per heavy atom. The molecule has 2 heterocycles. The molecule has 0 fully saturated rings. The zero-order valence-corrected chi connectivity index (χ0v) is 14.7. The van der Waals surface area contributed by atoms with Crippen LogP contribution in [0.15, 0.2) is 29.1 Å². The largest absolute Gasteiger partial charge is 0.435 e. The topological polar surface area (TPSA) is 78.8 Å². The molecule has 2 aromatic heterocycles. The maximum absolute atomic E-state index is 12.3. The molecule has 0 aliphatic heterocycles. The summed E-state index contributed by atoms with van der Waals surface area (Å²) in [6, 6.07) is 7.82. The van der Waals surface area contributed by atoms with E-state index in [2.05, 4.69) is 14.7 Å². The van der Waals surface area contributed by atoms with E-state index in [9.17, 15) is 18.8 Å². The lowest BCUT2D eigenvalue weighted by atomic mass is 10.1. The van der Waals surface area contributed by atoms with Crippen LogP contribution in [0.1, 0.15) is 21.8 Å². The standard InChI is InChI=1S/C18H13F2N3O2S/c1-9-10(2)26-17-14(9)16(24)22-15(23-17)12(8-21)7-11-3-5-13(6-4-11)25-18(19)20/h3-7,18H,1-2H3,(H,22,23,24)/b12-7-. The molecule has 0 spiro atoms. The number of allylic oxidation sites excluding steroid dienone is 1. The van der Waals surface area contributed by atoms with E-state index in [4.69, 9.17) is 0 Å². The Bertz CT molecular complexity index is 1090. The number of ether oxygens (including phenoxy) is 1. The van der Waals surface area contributed by atoms with Crippen molar-refractivity contribution in [3.63, 3.8) is 0 Å². The predicted octanol–water partition coefficient (Wildman–Crippen LogP) is 4.27. The number of aromatic nitrogens is 2. The zero-order valence-electron chi connectivity index (χ0n) is 13.8. The number of aromatic amines is 1. The van der Waals surface area contributed by atoms with Crippen LogP contribution in [0.25, 0.3) is 21.9 Å². The van der Waals surface area contributed by atoms with Gasteiger partial charge in [-0.3, -0.25) is 4.79 Å². The van der Waals surface area contributed by atoms with Crippen LogP contribution in [0.4, 0.5) is 8.78 Å². The molecular weight excluding hydrogens is 360 g/mol. The summed E-state index contributed by atoms with van der Waals surface area (Å²) < 4.78 is 28.7. The van der Waals surface area contributed by atoms with Gasteiger partial charge in [-0.2, -0.15) is 14.0 Å². The van der Waals surface area contributed by atoms with Gasteiger partial charge in [-0.15, -0.1) is 11.3 Å². The number of nitrogens with one attached hydrogen (secondary N) is 1. The van der Waals surface area contributed by atoms with E-state index in [-0.39, 0.29) is 22.7 Å². The Kier molecular flexibility index (Phi) is 4.82. The van der Waals surface area contributed by atoms with Crippen molar-refractivity contribution in [1.82, 2.24) is 9.97 Å². The SMILES string of the molecule is Cc1sc2nc(/C(C#N)=C\c3ccc(OC(F)F)cc3)[nH]c(=O)c2c1C. The third kappa shape index (κ3) is 3.48. The Hall–Kier alpha value is -3.05. The molecule has 0 bridgehead atoms. The Morgan fingerprint density at radius 1 is 1.35 bits per heavy atom. The number of H-pyrrole nitrogens is 1. The van der Waals surface area contributed by atoms with Gasteiger partial charge < -0.3 is 9.72 Å². The summed E-state index contributed by atoms with van der Waals surface area (Å²) >= 11 is 1.39. The van der Waals surface area contributed by atoms with Crippen LogP contribution in [0.5, 0.6) is 5.75 Å². The van der Waals surface area contributed by atoms with Gasteiger partial charge in [0.25, 0.3) is 5.56 Å². The highest BCUT2D eigenvalue weighted by Gasteiger charge is 2.14. The minimum Gasteiger partial charge on any atom is -0.435 e. The van der Waals surface area contributed by atoms with Gasteiger partial charge in [0.1, 0.15) is 16.6 Å². The number of halogens is 2. The van der Waals surface area contributed by atoms with Gasteiger partial charge in [-0.05, 0) is 43.2 Å². The number of rotatable bonds is 4. The van der Waals surface area contributed by atoms with Gasteiger partial charge in [0.2, 0.25) is 0 Å². The molecular formula is C18H13F2N3O2S. The lowest BCUT2D eigenvalue weighted by Crippen LogP contribution is -2.10. The second kappa shape index (κ2) is 7.06. The van der Waals surface area contributed by atoms with E-state index in [1.165, 1.54) is 41.7 Å². The number of fused-ring (bicyclic) bond motifs is 1. The predicted molar refractivity (Wildman–Crippen MR) is 96.3 cm³/mol. The van der Waals surface area contributed by atoms with Crippen molar-refractivity contribution in [3.8, 4) is 11.8 Å². The highest BCUT2D eigenvalue weighted by atomic mass is 32.1. The van der Waals surface area contributed by atoms with Crippen LogP contribution in [-0.4, -0.2) is 16.6 Å². The van der Waals surface area contributed by atoms with Gasteiger partial charge in [-0.1, -0.05) is 12.1 Å². The first-order chi connectivity index (χ1) is 12.4. The van der Waals surface area contributed by atoms with E-state index in [1.54, 1.807) is 0 Å². The van der Waals surface area contributed by atoms with Crippen LogP contribution in [0.3, 0.4) is 0 Å². The molecule has 1 N–H and O–H groups in total. The van der Waals surface area contributed by atoms with Crippen LogP contribution >= 0.6 is 11.3 Å². The fraction of sp³-hybridized carbons (Fsp3) is 0.167. The molecule has 0 amide bonds. The summed E-state index contributed by atoms with van der Waals surface area (Å²) in [5.41, 5.74) is 1.33. The fourth-order valence-electron chi connectivity index (χ4n) is 2.45. The van der Waals surface area contributed by atoms with Crippen LogP contribution in [-0.2, 0) is 0 Å². The quantitative estimate of drug-likeness (QED) is 0.693. The first-order valence-electron chi connectivity index (χ1n) is 7.56. The summed E-state index contributed by atoms with van der Waals surface area (Å²) in [6.07, 6.45) is 1.52. The molecule has 0 aliphatic carbocycles. The highest BCUT2D eigenvalue weighted by molar-refractivity contribution is 7.18. The van der Waals surface area contributed by atoms with Crippen molar-refractivity contribution in [1.29, 1.82) is 5.26 Å². The molecule has 26 heavy (non-hydrogen) atoms. The van der Waals surface area contributed by atoms with Crippen molar-refractivity contribution in [2.75, 3.05) is 0 Å². The molecule has 5 nitrogen and oxygen atoms in total. The minimum atomic E-state index is -2.90. The highest BCUT2D eigenvalue weighted by Crippen LogP contribution is 2.27. The summed E-state index contributed by atoms with van der Waals surface area (Å²) in [7, 11) is 0. The van der Waals surface area contributed by atoms with Crippen molar-refractivity contribution < 1.29 is 13.5 Å². The van der Waals surface area contributed by atoms with Gasteiger partial charge in [0.15, 0.2) is 5.82 Å². The Morgan fingerprint density at radius 2 is 2.04 bits per heavy atom. The van der Waals surface area contributed by atoms with Gasteiger partial charge in [0, 0.05) is 4.88 Å². The third-order valence-electron chi connectivity index (χ3n) is 3.83. The number of alkyl halides is 2. The second-order valence-electron chi connectivity index (χ2n) is 5.50. The lowest BCUT2D eigenvalue weighted by Gasteiger charge is -2.04. The normalized spacial score (nSPS) is 11.8. The average Bonchev–Trinajstić information content (AvgIpc) is 2.88. The molecule has 132 valence electrons. The average molecular weight is 373 g/mol. The number of hydrogen-bond donors (Lipinski definition) is 1. The number of benzene rings is 1. The van der Waals surface area contributed by atoms with Gasteiger partial charge in [-0.25, -0.2) is 4.98 Å². The first kappa shape index (κ1) is 17.8. The van der Waals surface area contributed by atoms with Crippen LogP contribution in [0, 0.1) is 25.2 Å². The maximum Gasteiger partial charge on any atom is 0.387 e. The Labute approximate surface area is 151 Å². The number of nitriles is 1. The number of nitrogens with zero attached hydrogens (tertiary/aromatic N) is 2. The van der Waals surface area contributed by atoms with E-state index >= 15 is 0 Å². The fourth-order valence-corrected chi connectivity index (χ4v) is 3.48. The maximum atomic E-state index is 12.3. The van der Waals surface area contributed by atoms with E-state index < -0.39 is 6.61 Å². The molecule has 0 radical (unpaired) electrons. The van der Waals surface area contributed by atoms with Crippen molar-refractivity contribution >= 4 is 33.2 Å². The third-order valence-corrected chi connectivity index (χ3v) is 4.93. The zero-order chi connectivity index (χ0) is 18.8. The molecule has 0 saturated heterocycles. The van der Waals surface area contributed by atoms with Gasteiger partial charge >= 0.3 is 6.61 Å².